The minimum atomic E-state index is -3.05. The quantitative estimate of drug-likeness (QED) is 0.812. The van der Waals surface area contributed by atoms with E-state index in [9.17, 15) is 22.0 Å². The molecule has 1 aliphatic heterocycles. The first-order valence-corrected chi connectivity index (χ1v) is 8.91. The van der Waals surface area contributed by atoms with E-state index < -0.39 is 28.9 Å². The van der Waals surface area contributed by atoms with Gasteiger partial charge in [0, 0.05) is 12.6 Å². The molecule has 1 aliphatic rings. The number of ether oxygens (including phenoxy) is 1. The summed E-state index contributed by atoms with van der Waals surface area (Å²) in [6.07, 6.45) is -2.14. The van der Waals surface area contributed by atoms with Gasteiger partial charge in [0.15, 0.2) is 9.84 Å². The predicted molar refractivity (Wildman–Crippen MR) is 80.4 cm³/mol. The van der Waals surface area contributed by atoms with E-state index in [1.165, 1.54) is 0 Å². The SMILES string of the molecule is O=C(NCc1cccc(OCC(F)F)c1)N[C@@H]1CCS(=O)(=O)C1. The zero-order chi connectivity index (χ0) is 16.9. The number of nitrogens with one attached hydrogen (secondary N) is 2. The molecule has 2 N–H and O–H groups in total. The lowest BCUT2D eigenvalue weighted by atomic mass is 10.2. The van der Waals surface area contributed by atoms with E-state index in [0.29, 0.717) is 17.7 Å². The van der Waals surface area contributed by atoms with Crippen LogP contribution >= 0.6 is 0 Å². The number of urea groups is 1. The Bertz CT molecular complexity index is 652. The molecule has 6 nitrogen and oxygen atoms in total. The van der Waals surface area contributed by atoms with E-state index in [-0.39, 0.29) is 24.1 Å². The summed E-state index contributed by atoms with van der Waals surface area (Å²) in [4.78, 5) is 11.7. The van der Waals surface area contributed by atoms with Crippen molar-refractivity contribution < 1.29 is 26.7 Å². The van der Waals surface area contributed by atoms with Gasteiger partial charge in [-0.05, 0) is 24.1 Å². The molecule has 0 spiro atoms. The van der Waals surface area contributed by atoms with E-state index in [1.54, 1.807) is 24.3 Å². The molecule has 0 aliphatic carbocycles. The maximum absolute atomic E-state index is 12.1. The number of hydrogen-bond donors (Lipinski definition) is 2. The Morgan fingerprint density at radius 2 is 2.17 bits per heavy atom. The van der Waals surface area contributed by atoms with Gasteiger partial charge >= 0.3 is 6.03 Å². The molecule has 0 bridgehead atoms. The highest BCUT2D eigenvalue weighted by Crippen LogP contribution is 2.14. The number of sulfone groups is 1. The molecule has 23 heavy (non-hydrogen) atoms. The number of rotatable bonds is 6. The lowest BCUT2D eigenvalue weighted by molar-refractivity contribution is 0.0818. The Hall–Kier alpha value is -1.90. The van der Waals surface area contributed by atoms with E-state index in [4.69, 9.17) is 4.74 Å². The van der Waals surface area contributed by atoms with Gasteiger partial charge in [0.2, 0.25) is 0 Å². The first-order valence-electron chi connectivity index (χ1n) is 7.09. The number of benzene rings is 1. The lowest BCUT2D eigenvalue weighted by Crippen LogP contribution is -2.42. The van der Waals surface area contributed by atoms with Crippen molar-refractivity contribution in [1.29, 1.82) is 0 Å². The normalized spacial score (nSPS) is 19.5. The third kappa shape index (κ3) is 6.01. The second kappa shape index (κ2) is 7.58. The van der Waals surface area contributed by atoms with Crippen LogP contribution in [0.2, 0.25) is 0 Å². The van der Waals surface area contributed by atoms with Gasteiger partial charge in [0.25, 0.3) is 6.43 Å². The second-order valence-corrected chi connectivity index (χ2v) is 7.51. The summed E-state index contributed by atoms with van der Waals surface area (Å²) in [6.45, 7) is -0.509. The van der Waals surface area contributed by atoms with Crippen molar-refractivity contribution >= 4 is 15.9 Å². The van der Waals surface area contributed by atoms with E-state index in [1.807, 2.05) is 0 Å². The summed E-state index contributed by atoms with van der Waals surface area (Å²) in [5.41, 5.74) is 0.686. The lowest BCUT2D eigenvalue weighted by Gasteiger charge is -2.12. The Balaban J connectivity index is 1.79. The highest BCUT2D eigenvalue weighted by Gasteiger charge is 2.28. The minimum Gasteiger partial charge on any atom is -0.488 e. The number of hydrogen-bond acceptors (Lipinski definition) is 4. The fourth-order valence-corrected chi connectivity index (χ4v) is 3.91. The van der Waals surface area contributed by atoms with Crippen LogP contribution in [0.5, 0.6) is 5.75 Å². The van der Waals surface area contributed by atoms with Gasteiger partial charge in [-0.15, -0.1) is 0 Å². The zero-order valence-electron chi connectivity index (χ0n) is 12.3. The first-order chi connectivity index (χ1) is 10.8. The van der Waals surface area contributed by atoms with Crippen LogP contribution in [0.25, 0.3) is 0 Å². The molecule has 1 heterocycles. The van der Waals surface area contributed by atoms with Gasteiger partial charge in [-0.2, -0.15) is 0 Å². The third-order valence-electron chi connectivity index (χ3n) is 3.30. The molecule has 2 rings (SSSR count). The smallest absolute Gasteiger partial charge is 0.315 e. The highest BCUT2D eigenvalue weighted by molar-refractivity contribution is 7.91. The number of amides is 2. The first kappa shape index (κ1) is 17.5. The standard InChI is InChI=1S/C14H18F2N2O4S/c15-13(16)8-22-12-3-1-2-10(6-12)7-17-14(19)18-11-4-5-23(20,21)9-11/h1-3,6,11,13H,4-5,7-9H2,(H2,17,18,19)/t11-/m1/s1. The van der Waals surface area contributed by atoms with Crippen LogP contribution in [-0.4, -0.2) is 45.0 Å². The van der Waals surface area contributed by atoms with Gasteiger partial charge in [-0.1, -0.05) is 12.1 Å². The van der Waals surface area contributed by atoms with Crippen LogP contribution in [0.3, 0.4) is 0 Å². The monoisotopic (exact) mass is 348 g/mol. The van der Waals surface area contributed by atoms with Crippen molar-refractivity contribution in [3.05, 3.63) is 29.8 Å². The van der Waals surface area contributed by atoms with E-state index >= 15 is 0 Å². The molecule has 0 saturated carbocycles. The van der Waals surface area contributed by atoms with Crippen molar-refractivity contribution in [1.82, 2.24) is 10.6 Å². The van der Waals surface area contributed by atoms with Crippen LogP contribution in [0, 0.1) is 0 Å². The molecule has 0 unspecified atom stereocenters. The van der Waals surface area contributed by atoms with Crippen molar-refractivity contribution in [2.24, 2.45) is 0 Å². The summed E-state index contributed by atoms with van der Waals surface area (Å²) in [7, 11) is -3.05. The average Bonchev–Trinajstić information content (AvgIpc) is 2.82. The predicted octanol–water partition coefficient (Wildman–Crippen LogP) is 1.32. The molecule has 1 fully saturated rings. The molecule has 128 valence electrons. The molecule has 2 amide bonds. The third-order valence-corrected chi connectivity index (χ3v) is 5.06. The van der Waals surface area contributed by atoms with Crippen LogP contribution in [0.1, 0.15) is 12.0 Å². The number of carbonyl (C=O) groups excluding carboxylic acids is 1. The van der Waals surface area contributed by atoms with Crippen LogP contribution in [-0.2, 0) is 16.4 Å². The Morgan fingerprint density at radius 3 is 2.83 bits per heavy atom. The molecule has 1 saturated heterocycles. The summed E-state index contributed by atoms with van der Waals surface area (Å²) in [6, 6.07) is 5.62. The van der Waals surface area contributed by atoms with Crippen LogP contribution in [0.4, 0.5) is 13.6 Å². The molecule has 0 radical (unpaired) electrons. The fraction of sp³-hybridized carbons (Fsp3) is 0.500. The van der Waals surface area contributed by atoms with Crippen molar-refractivity contribution in [3.63, 3.8) is 0 Å². The summed E-state index contributed by atoms with van der Waals surface area (Å²) < 4.78 is 51.7. The van der Waals surface area contributed by atoms with Crippen molar-refractivity contribution in [2.75, 3.05) is 18.1 Å². The minimum absolute atomic E-state index is 0.0443. The number of alkyl halides is 2. The summed E-state index contributed by atoms with van der Waals surface area (Å²) >= 11 is 0. The Labute approximate surface area is 133 Å². The zero-order valence-corrected chi connectivity index (χ0v) is 13.1. The number of halogens is 2. The molecule has 1 aromatic rings. The largest absolute Gasteiger partial charge is 0.488 e. The fourth-order valence-electron chi connectivity index (χ4n) is 2.23. The van der Waals surface area contributed by atoms with Gasteiger partial charge in [-0.3, -0.25) is 0 Å². The van der Waals surface area contributed by atoms with E-state index in [2.05, 4.69) is 10.6 Å². The molecule has 9 heteroatoms. The molecule has 1 aromatic carbocycles. The van der Waals surface area contributed by atoms with Gasteiger partial charge in [0.1, 0.15) is 12.4 Å². The highest BCUT2D eigenvalue weighted by atomic mass is 32.2. The molecule has 0 aromatic heterocycles. The van der Waals surface area contributed by atoms with Gasteiger partial charge < -0.3 is 15.4 Å². The Morgan fingerprint density at radius 1 is 1.39 bits per heavy atom. The van der Waals surface area contributed by atoms with Crippen LogP contribution < -0.4 is 15.4 Å². The van der Waals surface area contributed by atoms with Gasteiger partial charge in [-0.25, -0.2) is 22.0 Å². The summed E-state index contributed by atoms with van der Waals surface area (Å²) in [5, 5.41) is 5.20. The van der Waals surface area contributed by atoms with Crippen molar-refractivity contribution in [2.45, 2.75) is 25.4 Å². The van der Waals surface area contributed by atoms with Gasteiger partial charge in [0.05, 0.1) is 11.5 Å². The maximum atomic E-state index is 12.1. The topological polar surface area (TPSA) is 84.5 Å². The van der Waals surface area contributed by atoms with E-state index in [0.717, 1.165) is 0 Å². The van der Waals surface area contributed by atoms with Crippen LogP contribution in [0.15, 0.2) is 24.3 Å². The summed E-state index contributed by atoms with van der Waals surface area (Å²) in [5.74, 6) is 0.339. The maximum Gasteiger partial charge on any atom is 0.315 e. The van der Waals surface area contributed by atoms with Crippen molar-refractivity contribution in [3.8, 4) is 5.75 Å². The molecular formula is C14H18F2N2O4S. The number of carbonyl (C=O) groups is 1. The second-order valence-electron chi connectivity index (χ2n) is 5.28. The molecule has 1 atom stereocenters. The molecular weight excluding hydrogens is 330 g/mol. The Kier molecular flexibility index (Phi) is 5.75. The average molecular weight is 348 g/mol.